The highest BCUT2D eigenvalue weighted by atomic mass is 32.2. The highest BCUT2D eigenvalue weighted by Gasteiger charge is 1.86. The van der Waals surface area contributed by atoms with Gasteiger partial charge in [-0.3, -0.25) is 0 Å². The van der Waals surface area contributed by atoms with E-state index in [2.05, 4.69) is 11.9 Å². The van der Waals surface area contributed by atoms with E-state index >= 15 is 0 Å². The molecular formula is C7H14N2S. The van der Waals surface area contributed by atoms with Crippen LogP contribution in [0.1, 0.15) is 20.3 Å². The van der Waals surface area contributed by atoms with Crippen LogP contribution in [0, 0.1) is 0 Å². The zero-order valence-electron chi connectivity index (χ0n) is 6.72. The standard InChI is InChI=1S/C7H14N2S/c1-4-5-6(2)9-7(8)10-3/h5H,4H2,1-3H3,(H2,8,9)/b6-5-. The summed E-state index contributed by atoms with van der Waals surface area (Å²) in [6.45, 7) is 4.03. The summed E-state index contributed by atoms with van der Waals surface area (Å²) in [6, 6.07) is 0. The van der Waals surface area contributed by atoms with E-state index in [-0.39, 0.29) is 0 Å². The largest absolute Gasteiger partial charge is 0.378 e. The zero-order chi connectivity index (χ0) is 7.98. The van der Waals surface area contributed by atoms with Crippen LogP contribution in [0.15, 0.2) is 16.8 Å². The minimum Gasteiger partial charge on any atom is -0.378 e. The van der Waals surface area contributed by atoms with E-state index in [1.54, 1.807) is 0 Å². The van der Waals surface area contributed by atoms with Crippen molar-refractivity contribution in [3.8, 4) is 0 Å². The Kier molecular flexibility index (Phi) is 5.12. The maximum atomic E-state index is 5.48. The Hall–Kier alpha value is -0.440. The average Bonchev–Trinajstić information content (AvgIpc) is 1.88. The van der Waals surface area contributed by atoms with Crippen LogP contribution in [0.4, 0.5) is 0 Å². The van der Waals surface area contributed by atoms with E-state index in [1.165, 1.54) is 11.8 Å². The van der Waals surface area contributed by atoms with Gasteiger partial charge in [-0.15, -0.1) is 0 Å². The molecule has 10 heavy (non-hydrogen) atoms. The van der Waals surface area contributed by atoms with Crippen LogP contribution in [0.3, 0.4) is 0 Å². The molecule has 2 N–H and O–H groups in total. The number of nitrogens with zero attached hydrogens (tertiary/aromatic N) is 1. The molecule has 0 unspecified atom stereocenters. The van der Waals surface area contributed by atoms with Gasteiger partial charge in [0.2, 0.25) is 0 Å². The van der Waals surface area contributed by atoms with E-state index in [1.807, 2.05) is 19.3 Å². The summed E-state index contributed by atoms with van der Waals surface area (Å²) in [4.78, 5) is 4.10. The lowest BCUT2D eigenvalue weighted by Crippen LogP contribution is -2.04. The highest BCUT2D eigenvalue weighted by molar-refractivity contribution is 8.13. The van der Waals surface area contributed by atoms with E-state index < -0.39 is 0 Å². The molecule has 0 aliphatic carbocycles. The first-order valence-electron chi connectivity index (χ1n) is 3.25. The van der Waals surface area contributed by atoms with Gasteiger partial charge in [0.15, 0.2) is 5.17 Å². The summed E-state index contributed by atoms with van der Waals surface area (Å²) in [5.74, 6) is 0. The Bertz CT molecular complexity index is 150. The van der Waals surface area contributed by atoms with Crippen LogP contribution in [0.5, 0.6) is 0 Å². The Morgan fingerprint density at radius 1 is 1.70 bits per heavy atom. The Labute approximate surface area is 66.6 Å². The SMILES string of the molecule is CC/C=C(/C)N=C(N)SC. The number of allylic oxidation sites excluding steroid dienone is 2. The Morgan fingerprint density at radius 3 is 2.70 bits per heavy atom. The van der Waals surface area contributed by atoms with Gasteiger partial charge in [-0.2, -0.15) is 0 Å². The third-order valence-electron chi connectivity index (χ3n) is 0.995. The number of rotatable bonds is 2. The molecule has 58 valence electrons. The van der Waals surface area contributed by atoms with Crippen molar-refractivity contribution in [3.63, 3.8) is 0 Å². The molecule has 0 atom stereocenters. The zero-order valence-corrected chi connectivity index (χ0v) is 7.53. The molecule has 0 aromatic carbocycles. The number of hydrogen-bond acceptors (Lipinski definition) is 2. The number of amidine groups is 1. The fourth-order valence-electron chi connectivity index (χ4n) is 0.561. The van der Waals surface area contributed by atoms with Crippen LogP contribution in [-0.2, 0) is 0 Å². The summed E-state index contributed by atoms with van der Waals surface area (Å²) in [7, 11) is 0. The molecule has 0 radical (unpaired) electrons. The second-order valence-corrected chi connectivity index (χ2v) is 2.73. The molecule has 0 rings (SSSR count). The van der Waals surface area contributed by atoms with Gasteiger partial charge in [-0.05, 0) is 19.6 Å². The predicted octanol–water partition coefficient (Wildman–Crippen LogP) is 1.98. The Balaban J connectivity index is 3.98. The van der Waals surface area contributed by atoms with Crippen LogP contribution >= 0.6 is 11.8 Å². The minimum absolute atomic E-state index is 0.627. The maximum absolute atomic E-state index is 5.48. The van der Waals surface area contributed by atoms with Gasteiger partial charge < -0.3 is 5.73 Å². The molecule has 0 aromatic heterocycles. The van der Waals surface area contributed by atoms with Gasteiger partial charge in [-0.1, -0.05) is 24.8 Å². The van der Waals surface area contributed by atoms with Crippen molar-refractivity contribution in [2.75, 3.05) is 6.26 Å². The van der Waals surface area contributed by atoms with Crippen LogP contribution in [-0.4, -0.2) is 11.4 Å². The van der Waals surface area contributed by atoms with Gasteiger partial charge in [0.25, 0.3) is 0 Å². The lowest BCUT2D eigenvalue weighted by atomic mass is 10.4. The minimum atomic E-state index is 0.627. The molecule has 0 saturated heterocycles. The first-order chi connectivity index (χ1) is 4.70. The second-order valence-electron chi connectivity index (χ2n) is 1.91. The first kappa shape index (κ1) is 9.56. The van der Waals surface area contributed by atoms with Crippen molar-refractivity contribution < 1.29 is 0 Å². The molecule has 0 aliphatic heterocycles. The van der Waals surface area contributed by atoms with E-state index in [9.17, 15) is 0 Å². The number of hydrogen-bond donors (Lipinski definition) is 1. The maximum Gasteiger partial charge on any atom is 0.158 e. The van der Waals surface area contributed by atoms with Crippen molar-refractivity contribution in [1.29, 1.82) is 0 Å². The second kappa shape index (κ2) is 5.35. The molecular weight excluding hydrogens is 144 g/mol. The summed E-state index contributed by atoms with van der Waals surface area (Å²) < 4.78 is 0. The number of aliphatic imine (C=N–C) groups is 1. The fraction of sp³-hybridized carbons (Fsp3) is 0.571. The van der Waals surface area contributed by atoms with E-state index in [0.29, 0.717) is 5.17 Å². The molecule has 0 amide bonds. The lowest BCUT2D eigenvalue weighted by molar-refractivity contribution is 1.16. The molecule has 3 heteroatoms. The molecule has 0 heterocycles. The quantitative estimate of drug-likeness (QED) is 0.493. The number of nitrogens with two attached hydrogens (primary N) is 1. The van der Waals surface area contributed by atoms with Crippen molar-refractivity contribution in [1.82, 2.24) is 0 Å². The van der Waals surface area contributed by atoms with Crippen molar-refractivity contribution in [2.45, 2.75) is 20.3 Å². The monoisotopic (exact) mass is 158 g/mol. The van der Waals surface area contributed by atoms with Crippen molar-refractivity contribution in [2.24, 2.45) is 10.7 Å². The van der Waals surface area contributed by atoms with E-state index in [4.69, 9.17) is 5.73 Å². The van der Waals surface area contributed by atoms with Crippen LogP contribution < -0.4 is 5.73 Å². The molecule has 0 spiro atoms. The third-order valence-corrected chi connectivity index (χ3v) is 1.50. The third kappa shape index (κ3) is 4.44. The molecule has 0 bridgehead atoms. The van der Waals surface area contributed by atoms with Gasteiger partial charge in [0, 0.05) is 5.70 Å². The average molecular weight is 158 g/mol. The lowest BCUT2D eigenvalue weighted by Gasteiger charge is -1.93. The fourth-order valence-corrected chi connectivity index (χ4v) is 0.796. The summed E-state index contributed by atoms with van der Waals surface area (Å²) in [5, 5.41) is 0.627. The van der Waals surface area contributed by atoms with Gasteiger partial charge >= 0.3 is 0 Å². The van der Waals surface area contributed by atoms with Crippen molar-refractivity contribution in [3.05, 3.63) is 11.8 Å². The highest BCUT2D eigenvalue weighted by Crippen LogP contribution is 2.00. The summed E-state index contributed by atoms with van der Waals surface area (Å²) >= 11 is 1.47. The molecule has 0 aliphatic rings. The normalized spacial score (nSPS) is 13.9. The molecule has 2 nitrogen and oxygen atoms in total. The van der Waals surface area contributed by atoms with Gasteiger partial charge in [0.1, 0.15) is 0 Å². The molecule has 0 fully saturated rings. The predicted molar refractivity (Wildman–Crippen MR) is 49.2 cm³/mol. The molecule has 0 saturated carbocycles. The summed E-state index contributed by atoms with van der Waals surface area (Å²) in [5.41, 5.74) is 6.47. The first-order valence-corrected chi connectivity index (χ1v) is 4.48. The smallest absolute Gasteiger partial charge is 0.158 e. The Morgan fingerprint density at radius 2 is 2.30 bits per heavy atom. The van der Waals surface area contributed by atoms with Gasteiger partial charge in [-0.25, -0.2) is 4.99 Å². The van der Waals surface area contributed by atoms with E-state index in [0.717, 1.165) is 12.1 Å². The number of thioether (sulfide) groups is 1. The van der Waals surface area contributed by atoms with Crippen molar-refractivity contribution >= 4 is 16.9 Å². The molecule has 0 aromatic rings. The van der Waals surface area contributed by atoms with Crippen LogP contribution in [0.2, 0.25) is 0 Å². The van der Waals surface area contributed by atoms with Crippen LogP contribution in [0.25, 0.3) is 0 Å². The summed E-state index contributed by atoms with van der Waals surface area (Å²) in [6.07, 6.45) is 4.97. The topological polar surface area (TPSA) is 38.4 Å². The van der Waals surface area contributed by atoms with Gasteiger partial charge in [0.05, 0.1) is 0 Å².